The third kappa shape index (κ3) is 4.29. The van der Waals surface area contributed by atoms with E-state index in [0.29, 0.717) is 70.5 Å². The van der Waals surface area contributed by atoms with E-state index in [1.807, 2.05) is 4.57 Å². The van der Waals surface area contributed by atoms with Crippen LogP contribution in [-0.4, -0.2) is 52.4 Å². The molecular formula is C28H27F2N5O3S. The van der Waals surface area contributed by atoms with Crippen LogP contribution in [0, 0.1) is 24.5 Å². The van der Waals surface area contributed by atoms with Gasteiger partial charge in [-0.3, -0.25) is 4.98 Å². The Kier molecular flexibility index (Phi) is 6.22. The van der Waals surface area contributed by atoms with Crippen LogP contribution in [0.15, 0.2) is 53.6 Å². The molecule has 0 aliphatic carbocycles. The van der Waals surface area contributed by atoms with Gasteiger partial charge >= 0.3 is 0 Å². The summed E-state index contributed by atoms with van der Waals surface area (Å²) >= 11 is 0. The van der Waals surface area contributed by atoms with E-state index in [1.165, 1.54) is 23.0 Å². The highest BCUT2D eigenvalue weighted by atomic mass is 32.2. The Balaban J connectivity index is 1.75. The van der Waals surface area contributed by atoms with Crippen molar-refractivity contribution in [2.45, 2.75) is 30.7 Å². The molecule has 1 aliphatic heterocycles. The number of halogens is 2. The number of fused-ring (bicyclic) bond motifs is 3. The normalized spacial score (nSPS) is 15.8. The maximum atomic E-state index is 15.7. The van der Waals surface area contributed by atoms with E-state index in [9.17, 15) is 8.42 Å². The zero-order valence-electron chi connectivity index (χ0n) is 21.7. The summed E-state index contributed by atoms with van der Waals surface area (Å²) in [6, 6.07) is 10.8. The highest BCUT2D eigenvalue weighted by molar-refractivity contribution is 7.90. The van der Waals surface area contributed by atoms with Crippen molar-refractivity contribution in [3.05, 3.63) is 71.6 Å². The van der Waals surface area contributed by atoms with Crippen LogP contribution in [0.5, 0.6) is 0 Å². The van der Waals surface area contributed by atoms with Gasteiger partial charge in [0.2, 0.25) is 0 Å². The smallest absolute Gasteiger partial charge is 0.177 e. The maximum Gasteiger partial charge on any atom is 0.177 e. The third-order valence-corrected chi connectivity index (χ3v) is 8.67. The van der Waals surface area contributed by atoms with E-state index >= 15 is 8.78 Å². The summed E-state index contributed by atoms with van der Waals surface area (Å²) in [5.41, 5.74) is 3.38. The van der Waals surface area contributed by atoms with Gasteiger partial charge in [0.15, 0.2) is 9.84 Å². The van der Waals surface area contributed by atoms with Crippen molar-refractivity contribution in [2.75, 3.05) is 19.5 Å². The van der Waals surface area contributed by atoms with Crippen molar-refractivity contribution in [3.8, 4) is 11.3 Å². The minimum absolute atomic E-state index is 0.0232. The second kappa shape index (κ2) is 9.49. The van der Waals surface area contributed by atoms with Crippen LogP contribution in [0.3, 0.4) is 0 Å². The van der Waals surface area contributed by atoms with Crippen molar-refractivity contribution in [2.24, 2.45) is 13.0 Å². The maximum absolute atomic E-state index is 15.7. The van der Waals surface area contributed by atoms with Gasteiger partial charge in [0.25, 0.3) is 0 Å². The molecule has 11 heteroatoms. The molecule has 2 aromatic carbocycles. The first kappa shape index (κ1) is 25.6. The van der Waals surface area contributed by atoms with Gasteiger partial charge < -0.3 is 9.30 Å². The molecule has 1 atom stereocenters. The van der Waals surface area contributed by atoms with Crippen LogP contribution in [0.4, 0.5) is 8.78 Å². The Morgan fingerprint density at radius 1 is 1.05 bits per heavy atom. The number of hydrogen-bond acceptors (Lipinski definition) is 6. The molecule has 5 aromatic rings. The fourth-order valence-electron chi connectivity index (χ4n) is 5.77. The molecule has 4 heterocycles. The van der Waals surface area contributed by atoms with E-state index in [2.05, 4.69) is 15.3 Å². The van der Waals surface area contributed by atoms with E-state index in [4.69, 9.17) is 4.74 Å². The average molecular weight is 552 g/mol. The number of aryl methyl sites for hydroxylation is 2. The standard InChI is InChI=1S/C28H27F2N5O3S/c1-16-27(34(2)33-32-16)20-14-24-21(13-23(20)30)26-25(12-18(15-31-26)39(3,36)37)35(24)28(17-8-10-38-11-9-17)19-6-4-5-7-22(19)29/h4-7,12-15,17,28H,8-11H2,1-3H3. The van der Waals surface area contributed by atoms with Gasteiger partial charge in [-0.05, 0) is 49.9 Å². The molecule has 0 N–H and O–H groups in total. The van der Waals surface area contributed by atoms with Crippen LogP contribution in [0.25, 0.3) is 33.2 Å². The van der Waals surface area contributed by atoms with Gasteiger partial charge in [-0.15, -0.1) is 5.10 Å². The van der Waals surface area contributed by atoms with Crippen LogP contribution in [-0.2, 0) is 21.6 Å². The Bertz CT molecular complexity index is 1820. The summed E-state index contributed by atoms with van der Waals surface area (Å²) in [6.07, 6.45) is 3.76. The number of benzene rings is 2. The number of pyridine rings is 1. The lowest BCUT2D eigenvalue weighted by molar-refractivity contribution is 0.0548. The Hall–Kier alpha value is -3.70. The molecule has 0 spiro atoms. The lowest BCUT2D eigenvalue weighted by Gasteiger charge is -2.33. The zero-order chi connectivity index (χ0) is 27.5. The monoisotopic (exact) mass is 551 g/mol. The minimum atomic E-state index is -3.60. The highest BCUT2D eigenvalue weighted by Crippen LogP contribution is 2.43. The molecule has 39 heavy (non-hydrogen) atoms. The molecule has 1 unspecified atom stereocenters. The van der Waals surface area contributed by atoms with E-state index < -0.39 is 21.7 Å². The summed E-state index contributed by atoms with van der Waals surface area (Å²) in [6.45, 7) is 2.81. The predicted octanol–water partition coefficient (Wildman–Crippen LogP) is 4.99. The van der Waals surface area contributed by atoms with Gasteiger partial charge in [0.05, 0.1) is 38.9 Å². The minimum Gasteiger partial charge on any atom is -0.381 e. The van der Waals surface area contributed by atoms with Gasteiger partial charge in [0.1, 0.15) is 11.6 Å². The Labute approximate surface area is 224 Å². The molecule has 0 saturated carbocycles. The van der Waals surface area contributed by atoms with Crippen molar-refractivity contribution in [1.82, 2.24) is 24.5 Å². The number of hydrogen-bond donors (Lipinski definition) is 0. The molecule has 1 fully saturated rings. The zero-order valence-corrected chi connectivity index (χ0v) is 22.5. The SMILES string of the molecule is Cc1nnn(C)c1-c1cc2c(cc1F)c1ncc(S(C)(=O)=O)cc1n2C(c1ccccc1F)C1CCOCC1. The molecule has 1 aliphatic rings. The molecule has 202 valence electrons. The summed E-state index contributed by atoms with van der Waals surface area (Å²) in [7, 11) is -1.91. The first-order valence-electron chi connectivity index (χ1n) is 12.7. The van der Waals surface area contributed by atoms with Crippen molar-refractivity contribution >= 4 is 31.8 Å². The first-order valence-corrected chi connectivity index (χ1v) is 14.6. The van der Waals surface area contributed by atoms with Gasteiger partial charge in [-0.1, -0.05) is 23.4 Å². The number of sulfone groups is 1. The molecule has 6 rings (SSSR count). The topological polar surface area (TPSA) is 91.9 Å². The van der Waals surface area contributed by atoms with E-state index in [-0.39, 0.29) is 16.6 Å². The van der Waals surface area contributed by atoms with Crippen LogP contribution in [0.2, 0.25) is 0 Å². The summed E-state index contributed by atoms with van der Waals surface area (Å²) in [5, 5.41) is 8.63. The number of rotatable bonds is 5. The quantitative estimate of drug-likeness (QED) is 0.306. The molecular weight excluding hydrogens is 524 g/mol. The number of nitrogens with zero attached hydrogens (tertiary/aromatic N) is 5. The van der Waals surface area contributed by atoms with Gasteiger partial charge in [-0.2, -0.15) is 0 Å². The second-order valence-electron chi connectivity index (χ2n) is 10.1. The third-order valence-electron chi connectivity index (χ3n) is 7.60. The molecule has 3 aromatic heterocycles. The number of ether oxygens (including phenoxy) is 1. The van der Waals surface area contributed by atoms with Crippen LogP contribution in [0.1, 0.15) is 30.1 Å². The van der Waals surface area contributed by atoms with E-state index in [0.717, 1.165) is 6.26 Å². The first-order chi connectivity index (χ1) is 18.6. The fraction of sp³-hybridized carbons (Fsp3) is 0.321. The Morgan fingerprint density at radius 3 is 2.46 bits per heavy atom. The van der Waals surface area contributed by atoms with Crippen molar-refractivity contribution < 1.29 is 21.9 Å². The van der Waals surface area contributed by atoms with Crippen molar-refractivity contribution in [3.63, 3.8) is 0 Å². The molecule has 0 radical (unpaired) electrons. The van der Waals surface area contributed by atoms with Crippen LogP contribution < -0.4 is 0 Å². The summed E-state index contributed by atoms with van der Waals surface area (Å²) < 4.78 is 65.3. The molecule has 1 saturated heterocycles. The van der Waals surface area contributed by atoms with Crippen LogP contribution >= 0.6 is 0 Å². The molecule has 8 nitrogen and oxygen atoms in total. The summed E-state index contributed by atoms with van der Waals surface area (Å²) in [4.78, 5) is 4.53. The second-order valence-corrected chi connectivity index (χ2v) is 12.1. The van der Waals surface area contributed by atoms with Crippen molar-refractivity contribution in [1.29, 1.82) is 0 Å². The number of aromatic nitrogens is 5. The largest absolute Gasteiger partial charge is 0.381 e. The fourth-order valence-corrected chi connectivity index (χ4v) is 6.34. The molecule has 0 bridgehead atoms. The summed E-state index contributed by atoms with van der Waals surface area (Å²) in [5.74, 6) is -0.882. The van der Waals surface area contributed by atoms with Gasteiger partial charge in [-0.25, -0.2) is 21.9 Å². The molecule has 0 amide bonds. The van der Waals surface area contributed by atoms with Gasteiger partial charge in [0, 0.05) is 49.2 Å². The predicted molar refractivity (Wildman–Crippen MR) is 143 cm³/mol. The van der Waals surface area contributed by atoms with E-state index in [1.54, 1.807) is 44.3 Å². The average Bonchev–Trinajstić information content (AvgIpc) is 3.40. The Morgan fingerprint density at radius 2 is 1.79 bits per heavy atom. The lowest BCUT2D eigenvalue weighted by Crippen LogP contribution is -2.27. The highest BCUT2D eigenvalue weighted by Gasteiger charge is 2.33. The lowest BCUT2D eigenvalue weighted by atomic mass is 9.86.